The van der Waals surface area contributed by atoms with E-state index in [1.807, 2.05) is 43.3 Å². The highest BCUT2D eigenvalue weighted by atomic mass is 16.5. The summed E-state index contributed by atoms with van der Waals surface area (Å²) >= 11 is 0. The largest absolute Gasteiger partial charge is 0.492 e. The van der Waals surface area contributed by atoms with Gasteiger partial charge in [0.2, 0.25) is 11.8 Å². The van der Waals surface area contributed by atoms with Gasteiger partial charge in [-0.2, -0.15) is 0 Å². The van der Waals surface area contributed by atoms with Crippen LogP contribution >= 0.6 is 0 Å². The molecule has 2 amide bonds. The molecule has 5 nitrogen and oxygen atoms in total. The molecule has 184 valence electrons. The Kier molecular flexibility index (Phi) is 5.64. The molecule has 37 heavy (non-hydrogen) atoms. The molecule has 3 aromatic carbocycles. The Hall–Kier alpha value is -4.25. The Labute approximate surface area is 216 Å². The zero-order valence-corrected chi connectivity index (χ0v) is 20.8. The lowest BCUT2D eigenvalue weighted by Gasteiger charge is -2.23. The number of amides is 2. The molecule has 0 spiro atoms. The molecule has 1 saturated heterocycles. The summed E-state index contributed by atoms with van der Waals surface area (Å²) in [5, 5.41) is 0. The van der Waals surface area contributed by atoms with Crippen molar-refractivity contribution in [2.75, 3.05) is 11.5 Å². The van der Waals surface area contributed by atoms with Crippen molar-refractivity contribution in [3.05, 3.63) is 113 Å². The molecule has 4 atom stereocenters. The van der Waals surface area contributed by atoms with Crippen molar-refractivity contribution in [3.63, 3.8) is 0 Å². The lowest BCUT2D eigenvalue weighted by atomic mass is 9.85. The van der Waals surface area contributed by atoms with E-state index in [0.29, 0.717) is 23.6 Å². The fraction of sp³-hybridized carbons (Fsp3) is 0.219. The third-order valence-corrected chi connectivity index (χ3v) is 7.74. The second-order valence-electron chi connectivity index (χ2n) is 9.73. The third-order valence-electron chi connectivity index (χ3n) is 7.74. The van der Waals surface area contributed by atoms with Gasteiger partial charge in [-0.25, -0.2) is 4.90 Å². The lowest BCUT2D eigenvalue weighted by molar-refractivity contribution is -0.123. The number of anilines is 1. The molecule has 0 radical (unpaired) electrons. The van der Waals surface area contributed by atoms with Crippen LogP contribution in [0.4, 0.5) is 5.69 Å². The predicted octanol–water partition coefficient (Wildman–Crippen LogP) is 5.71. The first kappa shape index (κ1) is 23.2. The van der Waals surface area contributed by atoms with Gasteiger partial charge in [0, 0.05) is 17.4 Å². The van der Waals surface area contributed by atoms with Gasteiger partial charge in [0.15, 0.2) is 5.78 Å². The molecule has 4 unspecified atom stereocenters. The molecule has 5 heteroatoms. The summed E-state index contributed by atoms with van der Waals surface area (Å²) in [6.07, 6.45) is 4.19. The Morgan fingerprint density at radius 1 is 0.784 bits per heavy atom. The van der Waals surface area contributed by atoms with Gasteiger partial charge < -0.3 is 4.74 Å². The van der Waals surface area contributed by atoms with Gasteiger partial charge in [0.05, 0.1) is 24.1 Å². The van der Waals surface area contributed by atoms with E-state index in [9.17, 15) is 14.4 Å². The lowest BCUT2D eigenvalue weighted by Crippen LogP contribution is -2.34. The molecular weight excluding hydrogens is 462 g/mol. The number of Topliss-reactive ketones (excluding diaryl/α,β-unsaturated/α-hetero) is 1. The van der Waals surface area contributed by atoms with Crippen LogP contribution in [0.25, 0.3) is 5.57 Å². The van der Waals surface area contributed by atoms with Crippen molar-refractivity contribution in [2.24, 2.45) is 23.7 Å². The number of rotatable bonds is 6. The number of imide groups is 1. The van der Waals surface area contributed by atoms with Gasteiger partial charge >= 0.3 is 0 Å². The monoisotopic (exact) mass is 489 g/mol. The summed E-state index contributed by atoms with van der Waals surface area (Å²) in [7, 11) is 0. The van der Waals surface area contributed by atoms with Crippen LogP contribution in [-0.2, 0) is 9.59 Å². The Morgan fingerprint density at radius 2 is 1.32 bits per heavy atom. The van der Waals surface area contributed by atoms with Crippen LogP contribution in [0, 0.1) is 23.7 Å². The highest BCUT2D eigenvalue weighted by Gasteiger charge is 2.62. The molecule has 1 heterocycles. The normalized spacial score (nSPS) is 23.5. The Bertz CT molecular complexity index is 1400. The summed E-state index contributed by atoms with van der Waals surface area (Å²) < 4.78 is 5.76. The Morgan fingerprint density at radius 3 is 1.81 bits per heavy atom. The van der Waals surface area contributed by atoms with E-state index in [0.717, 1.165) is 22.3 Å². The van der Waals surface area contributed by atoms with Gasteiger partial charge in [-0.05, 0) is 54.3 Å². The van der Waals surface area contributed by atoms with Crippen LogP contribution in [0.1, 0.15) is 35.3 Å². The maximum atomic E-state index is 14.0. The molecule has 0 aromatic heterocycles. The van der Waals surface area contributed by atoms with Gasteiger partial charge in [-0.1, -0.05) is 72.8 Å². The van der Waals surface area contributed by atoms with E-state index in [1.165, 1.54) is 11.8 Å². The average molecular weight is 490 g/mol. The summed E-state index contributed by atoms with van der Waals surface area (Å²) in [5.41, 5.74) is 5.18. The zero-order chi connectivity index (χ0) is 25.7. The topological polar surface area (TPSA) is 63.7 Å². The second kappa shape index (κ2) is 9.00. The van der Waals surface area contributed by atoms with E-state index in [2.05, 4.69) is 36.4 Å². The number of hydrogen-bond acceptors (Lipinski definition) is 4. The third kappa shape index (κ3) is 3.57. The first-order valence-corrected chi connectivity index (χ1v) is 12.7. The van der Waals surface area contributed by atoms with Crippen molar-refractivity contribution < 1.29 is 19.1 Å². The van der Waals surface area contributed by atoms with Gasteiger partial charge in [-0.3, -0.25) is 14.4 Å². The van der Waals surface area contributed by atoms with Crippen molar-refractivity contribution >= 4 is 28.9 Å². The molecule has 6 rings (SSSR count). The number of fused-ring (bicyclic) bond motifs is 5. The fourth-order valence-corrected chi connectivity index (χ4v) is 6.23. The van der Waals surface area contributed by atoms with E-state index in [4.69, 9.17) is 4.74 Å². The minimum atomic E-state index is -0.476. The summed E-state index contributed by atoms with van der Waals surface area (Å²) in [5.74, 6) is -1.45. The Balaban J connectivity index is 1.47. The van der Waals surface area contributed by atoms with Crippen LogP contribution in [0.5, 0.6) is 5.75 Å². The van der Waals surface area contributed by atoms with Crippen molar-refractivity contribution in [1.82, 2.24) is 0 Å². The quantitative estimate of drug-likeness (QED) is 0.253. The zero-order valence-electron chi connectivity index (χ0n) is 20.8. The van der Waals surface area contributed by atoms with E-state index < -0.39 is 11.8 Å². The highest BCUT2D eigenvalue weighted by Crippen LogP contribution is 2.59. The summed E-state index contributed by atoms with van der Waals surface area (Å²) in [4.78, 5) is 41.3. The number of benzene rings is 3. The van der Waals surface area contributed by atoms with Gasteiger partial charge in [0.25, 0.3) is 0 Å². The standard InChI is InChI=1S/C32H27NO4/c1-3-37-26-17-14-22(19(2)34)18-25(26)33-31(35)29-23-15-16-24(30(29)32(33)36)28(23)27(20-10-6-4-7-11-20)21-12-8-5-9-13-21/h4-18,23-24,29-30H,3H2,1-2H3. The number of carbonyl (C=O) groups is 3. The number of allylic oxidation sites excluding steroid dienone is 3. The SMILES string of the molecule is CCOc1ccc(C(C)=O)cc1N1C(=O)C2C3C=CC(C3=C(c3ccccc3)c3ccccc3)C2C1=O. The first-order valence-electron chi connectivity index (χ1n) is 12.7. The van der Waals surface area contributed by atoms with E-state index >= 15 is 0 Å². The minimum Gasteiger partial charge on any atom is -0.492 e. The maximum absolute atomic E-state index is 14.0. The number of hydrogen-bond donors (Lipinski definition) is 0. The number of ether oxygens (including phenoxy) is 1. The molecule has 0 N–H and O–H groups in total. The second-order valence-corrected chi connectivity index (χ2v) is 9.73. The predicted molar refractivity (Wildman–Crippen MR) is 142 cm³/mol. The van der Waals surface area contributed by atoms with Crippen LogP contribution in [0.3, 0.4) is 0 Å². The van der Waals surface area contributed by atoms with Crippen molar-refractivity contribution in [3.8, 4) is 5.75 Å². The number of carbonyl (C=O) groups excluding carboxylic acids is 3. The summed E-state index contributed by atoms with van der Waals surface area (Å²) in [6, 6.07) is 25.3. The van der Waals surface area contributed by atoms with Crippen LogP contribution in [-0.4, -0.2) is 24.2 Å². The molecule has 2 aliphatic carbocycles. The maximum Gasteiger partial charge on any atom is 0.238 e. The molecule has 2 fully saturated rings. The minimum absolute atomic E-state index is 0.133. The molecule has 3 aliphatic rings. The van der Waals surface area contributed by atoms with Crippen LogP contribution in [0.2, 0.25) is 0 Å². The fourth-order valence-electron chi connectivity index (χ4n) is 6.23. The van der Waals surface area contributed by atoms with Crippen molar-refractivity contribution in [2.45, 2.75) is 13.8 Å². The van der Waals surface area contributed by atoms with Crippen LogP contribution < -0.4 is 9.64 Å². The van der Waals surface area contributed by atoms with Crippen LogP contribution in [0.15, 0.2) is 96.6 Å². The molecule has 2 bridgehead atoms. The molecular formula is C32H27NO4. The first-order chi connectivity index (χ1) is 18.0. The molecule has 1 aliphatic heterocycles. The molecule has 3 aromatic rings. The number of nitrogens with zero attached hydrogens (tertiary/aromatic N) is 1. The van der Waals surface area contributed by atoms with Crippen molar-refractivity contribution in [1.29, 1.82) is 0 Å². The van der Waals surface area contributed by atoms with E-state index in [-0.39, 0.29) is 29.4 Å². The summed E-state index contributed by atoms with van der Waals surface area (Å²) in [6.45, 7) is 3.70. The van der Waals surface area contributed by atoms with E-state index in [1.54, 1.807) is 18.2 Å². The highest BCUT2D eigenvalue weighted by molar-refractivity contribution is 6.24. The number of ketones is 1. The average Bonchev–Trinajstić information content (AvgIpc) is 3.55. The van der Waals surface area contributed by atoms with Gasteiger partial charge in [0.1, 0.15) is 5.75 Å². The molecule has 1 saturated carbocycles. The smallest absolute Gasteiger partial charge is 0.238 e. The van der Waals surface area contributed by atoms with Gasteiger partial charge in [-0.15, -0.1) is 0 Å².